The molecule has 0 unspecified atom stereocenters. The van der Waals surface area contributed by atoms with Crippen molar-refractivity contribution in [2.75, 3.05) is 13.1 Å². The maximum Gasteiger partial charge on any atom is 0.420 e. The molecule has 0 aliphatic carbocycles. The SMILES string of the molecule is O[C@@]1(C(F)(F)F)CCNCC[C@H]1F. The van der Waals surface area contributed by atoms with E-state index in [-0.39, 0.29) is 19.5 Å². The van der Waals surface area contributed by atoms with Crippen LogP contribution in [0.4, 0.5) is 17.6 Å². The zero-order valence-corrected chi connectivity index (χ0v) is 6.86. The van der Waals surface area contributed by atoms with E-state index in [0.29, 0.717) is 0 Å². The molecular weight excluding hydrogens is 190 g/mol. The smallest absolute Gasteiger partial charge is 0.378 e. The zero-order chi connectivity index (χ0) is 10.1. The molecule has 78 valence electrons. The summed E-state index contributed by atoms with van der Waals surface area (Å²) in [4.78, 5) is 0. The average molecular weight is 201 g/mol. The van der Waals surface area contributed by atoms with E-state index in [1.165, 1.54) is 0 Å². The summed E-state index contributed by atoms with van der Waals surface area (Å²) in [6, 6.07) is 0. The quantitative estimate of drug-likeness (QED) is 0.573. The van der Waals surface area contributed by atoms with Crippen LogP contribution in [-0.2, 0) is 0 Å². The number of rotatable bonds is 0. The Hall–Kier alpha value is -0.360. The van der Waals surface area contributed by atoms with Gasteiger partial charge in [-0.15, -0.1) is 0 Å². The molecule has 0 bridgehead atoms. The maximum atomic E-state index is 13.0. The minimum atomic E-state index is -4.89. The normalized spacial score (nSPS) is 37.2. The molecular formula is C7H11F4NO. The Morgan fingerprint density at radius 2 is 1.92 bits per heavy atom. The predicted molar refractivity (Wildman–Crippen MR) is 38.0 cm³/mol. The van der Waals surface area contributed by atoms with Crippen molar-refractivity contribution in [2.45, 2.75) is 30.8 Å². The van der Waals surface area contributed by atoms with Gasteiger partial charge in [-0.25, -0.2) is 4.39 Å². The molecule has 1 heterocycles. The van der Waals surface area contributed by atoms with E-state index < -0.39 is 24.4 Å². The monoisotopic (exact) mass is 201 g/mol. The highest BCUT2D eigenvalue weighted by atomic mass is 19.4. The van der Waals surface area contributed by atoms with Crippen molar-refractivity contribution in [3.63, 3.8) is 0 Å². The highest BCUT2D eigenvalue weighted by Gasteiger charge is 2.58. The van der Waals surface area contributed by atoms with Crippen molar-refractivity contribution in [3.05, 3.63) is 0 Å². The summed E-state index contributed by atoms with van der Waals surface area (Å²) in [5.74, 6) is 0. The van der Waals surface area contributed by atoms with Gasteiger partial charge in [0.05, 0.1) is 0 Å². The molecule has 2 N–H and O–H groups in total. The molecule has 1 aliphatic rings. The van der Waals surface area contributed by atoms with Gasteiger partial charge in [0.2, 0.25) is 0 Å². The molecule has 1 rings (SSSR count). The molecule has 2 nitrogen and oxygen atoms in total. The van der Waals surface area contributed by atoms with Crippen LogP contribution in [0.2, 0.25) is 0 Å². The van der Waals surface area contributed by atoms with Crippen molar-refractivity contribution < 1.29 is 22.7 Å². The van der Waals surface area contributed by atoms with Crippen molar-refractivity contribution in [1.82, 2.24) is 5.32 Å². The molecule has 0 aromatic rings. The van der Waals surface area contributed by atoms with Gasteiger partial charge in [0.15, 0.2) is 5.60 Å². The van der Waals surface area contributed by atoms with Crippen LogP contribution in [0.1, 0.15) is 12.8 Å². The van der Waals surface area contributed by atoms with Gasteiger partial charge in [-0.1, -0.05) is 0 Å². The van der Waals surface area contributed by atoms with Crippen LogP contribution in [0.15, 0.2) is 0 Å². The van der Waals surface area contributed by atoms with E-state index in [4.69, 9.17) is 5.11 Å². The topological polar surface area (TPSA) is 32.3 Å². The van der Waals surface area contributed by atoms with Crippen molar-refractivity contribution in [2.24, 2.45) is 0 Å². The third kappa shape index (κ3) is 1.94. The Labute approximate surface area is 72.9 Å². The van der Waals surface area contributed by atoms with Crippen LogP contribution in [0.5, 0.6) is 0 Å². The van der Waals surface area contributed by atoms with E-state index in [2.05, 4.69) is 5.32 Å². The second-order valence-corrected chi connectivity index (χ2v) is 3.18. The number of alkyl halides is 4. The molecule has 0 saturated carbocycles. The van der Waals surface area contributed by atoms with Crippen LogP contribution < -0.4 is 5.32 Å². The zero-order valence-electron chi connectivity index (χ0n) is 6.86. The molecule has 0 aromatic carbocycles. The Balaban J connectivity index is 2.83. The van der Waals surface area contributed by atoms with Crippen molar-refractivity contribution >= 4 is 0 Å². The fourth-order valence-electron chi connectivity index (χ4n) is 1.35. The third-order valence-corrected chi connectivity index (χ3v) is 2.27. The number of hydrogen-bond donors (Lipinski definition) is 2. The second-order valence-electron chi connectivity index (χ2n) is 3.18. The Bertz CT molecular complexity index is 184. The lowest BCUT2D eigenvalue weighted by Gasteiger charge is -2.31. The average Bonchev–Trinajstić information content (AvgIpc) is 2.14. The molecule has 2 atom stereocenters. The second kappa shape index (κ2) is 3.42. The molecule has 0 amide bonds. The Morgan fingerprint density at radius 3 is 2.46 bits per heavy atom. The lowest BCUT2D eigenvalue weighted by atomic mass is 9.92. The van der Waals surface area contributed by atoms with Crippen molar-refractivity contribution in [1.29, 1.82) is 0 Å². The molecule has 13 heavy (non-hydrogen) atoms. The fourth-order valence-corrected chi connectivity index (χ4v) is 1.35. The summed E-state index contributed by atoms with van der Waals surface area (Å²) in [6.07, 6.45) is -8.06. The van der Waals surface area contributed by atoms with Gasteiger partial charge in [0, 0.05) is 6.42 Å². The van der Waals surface area contributed by atoms with E-state index in [1.807, 2.05) is 0 Å². The van der Waals surface area contributed by atoms with Gasteiger partial charge in [-0.2, -0.15) is 13.2 Å². The van der Waals surface area contributed by atoms with Crippen LogP contribution in [-0.4, -0.2) is 36.1 Å². The molecule has 0 radical (unpaired) electrons. The summed E-state index contributed by atoms with van der Waals surface area (Å²) < 4.78 is 49.7. The maximum absolute atomic E-state index is 13.0. The first kappa shape index (κ1) is 10.7. The summed E-state index contributed by atoms with van der Waals surface area (Å²) in [6.45, 7) is 0.149. The van der Waals surface area contributed by atoms with Gasteiger partial charge in [0.1, 0.15) is 6.17 Å². The van der Waals surface area contributed by atoms with E-state index in [1.54, 1.807) is 0 Å². The summed E-state index contributed by atoms with van der Waals surface area (Å²) in [5, 5.41) is 11.7. The van der Waals surface area contributed by atoms with Gasteiger partial charge >= 0.3 is 6.18 Å². The lowest BCUT2D eigenvalue weighted by molar-refractivity contribution is -0.281. The summed E-state index contributed by atoms with van der Waals surface area (Å²) in [7, 11) is 0. The van der Waals surface area contributed by atoms with E-state index >= 15 is 0 Å². The first-order valence-corrected chi connectivity index (χ1v) is 4.02. The highest BCUT2D eigenvalue weighted by Crippen LogP contribution is 2.38. The first-order valence-electron chi connectivity index (χ1n) is 4.02. The third-order valence-electron chi connectivity index (χ3n) is 2.27. The Kier molecular flexibility index (Phi) is 2.82. The number of halogens is 4. The first-order chi connectivity index (χ1) is 5.88. The number of nitrogens with one attached hydrogen (secondary N) is 1. The largest absolute Gasteiger partial charge is 0.420 e. The van der Waals surface area contributed by atoms with Gasteiger partial charge in [-0.3, -0.25) is 0 Å². The standard InChI is InChI=1S/C7H11F4NO/c8-5-1-3-12-4-2-6(5,13)7(9,10)11/h5,12-13H,1-4H2/t5-,6+/m1/s1. The van der Waals surface area contributed by atoms with Gasteiger partial charge < -0.3 is 10.4 Å². The lowest BCUT2D eigenvalue weighted by Crippen LogP contribution is -2.52. The van der Waals surface area contributed by atoms with Gasteiger partial charge in [0.25, 0.3) is 0 Å². The fraction of sp³-hybridized carbons (Fsp3) is 1.00. The Morgan fingerprint density at radius 1 is 1.31 bits per heavy atom. The van der Waals surface area contributed by atoms with Crippen LogP contribution in [0.25, 0.3) is 0 Å². The highest BCUT2D eigenvalue weighted by molar-refractivity contribution is 4.96. The van der Waals surface area contributed by atoms with Crippen molar-refractivity contribution in [3.8, 4) is 0 Å². The summed E-state index contributed by atoms with van der Waals surface area (Å²) in [5.41, 5.74) is -3.17. The molecule has 1 saturated heterocycles. The van der Waals surface area contributed by atoms with Gasteiger partial charge in [-0.05, 0) is 19.5 Å². The molecule has 0 spiro atoms. The predicted octanol–water partition coefficient (Wildman–Crippen LogP) is 1.00. The van der Waals surface area contributed by atoms with Crippen LogP contribution >= 0.6 is 0 Å². The number of hydrogen-bond acceptors (Lipinski definition) is 2. The number of aliphatic hydroxyl groups is 1. The summed E-state index contributed by atoms with van der Waals surface area (Å²) >= 11 is 0. The minimum absolute atomic E-state index is 0.0174. The molecule has 6 heteroatoms. The molecule has 1 aliphatic heterocycles. The van der Waals surface area contributed by atoms with Crippen LogP contribution in [0.3, 0.4) is 0 Å². The van der Waals surface area contributed by atoms with E-state index in [0.717, 1.165) is 0 Å². The minimum Gasteiger partial charge on any atom is -0.378 e. The van der Waals surface area contributed by atoms with Crippen LogP contribution in [0, 0.1) is 0 Å². The molecule has 1 fully saturated rings. The van der Waals surface area contributed by atoms with E-state index in [9.17, 15) is 17.6 Å². The molecule has 0 aromatic heterocycles.